The molecule has 7 heteroatoms. The molecular weight excluding hydrogens is 298 g/mol. The van der Waals surface area contributed by atoms with E-state index >= 15 is 0 Å². The molecule has 0 aliphatic carbocycles. The highest BCUT2D eigenvalue weighted by molar-refractivity contribution is 7.16. The molecule has 0 saturated heterocycles. The summed E-state index contributed by atoms with van der Waals surface area (Å²) in [5.74, 6) is 0.00110. The summed E-state index contributed by atoms with van der Waals surface area (Å²) in [6, 6.07) is 5.29. The molecule has 2 aromatic rings. The van der Waals surface area contributed by atoms with Crippen LogP contribution < -0.4 is 11.1 Å². The van der Waals surface area contributed by atoms with Crippen LogP contribution in [0.4, 0.5) is 11.5 Å². The maximum atomic E-state index is 11.9. The number of ether oxygens (including phenoxy) is 1. The number of rotatable bonds is 5. The van der Waals surface area contributed by atoms with Gasteiger partial charge in [-0.2, -0.15) is 0 Å². The van der Waals surface area contributed by atoms with Crippen molar-refractivity contribution in [3.8, 4) is 0 Å². The molecule has 0 aliphatic rings. The molecule has 0 aliphatic heterocycles. The monoisotopic (exact) mass is 311 g/mol. The number of hydrogen-bond donors (Lipinski definition) is 2. The van der Waals surface area contributed by atoms with Gasteiger partial charge in [0.1, 0.15) is 11.4 Å². The number of esters is 1. The first-order valence-corrected chi connectivity index (χ1v) is 7.20. The first kappa shape index (κ1) is 14.6. The van der Waals surface area contributed by atoms with E-state index in [2.05, 4.69) is 10.3 Å². The zero-order valence-corrected chi connectivity index (χ0v) is 12.4. The first-order chi connectivity index (χ1) is 9.60. The molecule has 2 heterocycles. The lowest BCUT2D eigenvalue weighted by Gasteiger charge is -2.10. The van der Waals surface area contributed by atoms with Gasteiger partial charge in [-0.3, -0.25) is 0 Å². The lowest BCUT2D eigenvalue weighted by molar-refractivity contribution is 0.0527. The maximum absolute atomic E-state index is 11.9. The number of nitrogens with two attached hydrogens (primary N) is 1. The fourth-order valence-corrected chi connectivity index (χ4v) is 2.63. The van der Waals surface area contributed by atoms with Crippen molar-refractivity contribution in [2.45, 2.75) is 13.5 Å². The molecule has 0 saturated carbocycles. The van der Waals surface area contributed by atoms with Crippen molar-refractivity contribution in [2.75, 3.05) is 17.7 Å². The topological polar surface area (TPSA) is 77.2 Å². The number of nitrogen functional groups attached to an aromatic ring is 1. The van der Waals surface area contributed by atoms with E-state index in [-0.39, 0.29) is 0 Å². The number of thiophene rings is 1. The van der Waals surface area contributed by atoms with Crippen LogP contribution in [0, 0.1) is 0 Å². The number of carbonyl (C=O) groups is 1. The number of halogens is 1. The lowest BCUT2D eigenvalue weighted by atomic mass is 10.2. The molecular formula is C13H14ClN3O2S. The molecule has 5 nitrogen and oxygen atoms in total. The van der Waals surface area contributed by atoms with Crippen LogP contribution in [0.2, 0.25) is 4.34 Å². The van der Waals surface area contributed by atoms with Gasteiger partial charge in [0, 0.05) is 4.88 Å². The molecule has 0 atom stereocenters. The van der Waals surface area contributed by atoms with Crippen molar-refractivity contribution < 1.29 is 9.53 Å². The van der Waals surface area contributed by atoms with E-state index in [0.717, 1.165) is 9.21 Å². The Labute approximate surface area is 125 Å². The van der Waals surface area contributed by atoms with Gasteiger partial charge in [-0.05, 0) is 25.1 Å². The predicted molar refractivity (Wildman–Crippen MR) is 81.3 cm³/mol. The van der Waals surface area contributed by atoms with Gasteiger partial charge < -0.3 is 15.8 Å². The van der Waals surface area contributed by atoms with Gasteiger partial charge >= 0.3 is 5.97 Å². The molecule has 0 aromatic carbocycles. The summed E-state index contributed by atoms with van der Waals surface area (Å²) in [6.07, 6.45) is 1.49. The molecule has 0 amide bonds. The van der Waals surface area contributed by atoms with Gasteiger partial charge in [-0.25, -0.2) is 9.78 Å². The number of anilines is 2. The normalized spacial score (nSPS) is 10.3. The second-order valence-corrected chi connectivity index (χ2v) is 5.74. The number of pyridine rings is 1. The first-order valence-electron chi connectivity index (χ1n) is 6.01. The molecule has 0 unspecified atom stereocenters. The SMILES string of the molecule is CCOC(=O)c1cc(N)cnc1NCc1ccc(Cl)s1. The minimum Gasteiger partial charge on any atom is -0.462 e. The minimum atomic E-state index is -0.445. The Morgan fingerprint density at radius 1 is 1.55 bits per heavy atom. The molecule has 106 valence electrons. The average Bonchev–Trinajstić information content (AvgIpc) is 2.83. The number of hydrogen-bond acceptors (Lipinski definition) is 6. The summed E-state index contributed by atoms with van der Waals surface area (Å²) in [7, 11) is 0. The molecule has 2 rings (SSSR count). The van der Waals surface area contributed by atoms with Gasteiger partial charge in [0.25, 0.3) is 0 Å². The van der Waals surface area contributed by atoms with E-state index in [0.29, 0.717) is 30.2 Å². The summed E-state index contributed by atoms with van der Waals surface area (Å²) in [6.45, 7) is 2.58. The van der Waals surface area contributed by atoms with Crippen LogP contribution in [0.25, 0.3) is 0 Å². The van der Waals surface area contributed by atoms with E-state index in [4.69, 9.17) is 22.1 Å². The van der Waals surface area contributed by atoms with Gasteiger partial charge in [-0.1, -0.05) is 11.6 Å². The van der Waals surface area contributed by atoms with E-state index in [1.807, 2.05) is 12.1 Å². The van der Waals surface area contributed by atoms with Gasteiger partial charge in [0.2, 0.25) is 0 Å². The predicted octanol–water partition coefficient (Wildman–Crippen LogP) is 3.17. The highest BCUT2D eigenvalue weighted by Crippen LogP contribution is 2.23. The lowest BCUT2D eigenvalue weighted by Crippen LogP contribution is -2.11. The van der Waals surface area contributed by atoms with Crippen molar-refractivity contribution in [3.05, 3.63) is 39.2 Å². The average molecular weight is 312 g/mol. The number of aromatic nitrogens is 1. The van der Waals surface area contributed by atoms with Crippen LogP contribution in [0.15, 0.2) is 24.4 Å². The molecule has 0 radical (unpaired) electrons. The Balaban J connectivity index is 2.16. The van der Waals surface area contributed by atoms with Gasteiger partial charge in [0.05, 0.1) is 29.4 Å². The largest absolute Gasteiger partial charge is 0.462 e. The Hall–Kier alpha value is -1.79. The number of carbonyl (C=O) groups excluding carboxylic acids is 1. The zero-order valence-electron chi connectivity index (χ0n) is 10.9. The van der Waals surface area contributed by atoms with Gasteiger partial charge in [0.15, 0.2) is 0 Å². The summed E-state index contributed by atoms with van der Waals surface area (Å²) >= 11 is 7.34. The van der Waals surface area contributed by atoms with Crippen LogP contribution in [0.5, 0.6) is 0 Å². The molecule has 2 aromatic heterocycles. The fraction of sp³-hybridized carbons (Fsp3) is 0.231. The van der Waals surface area contributed by atoms with E-state index < -0.39 is 5.97 Å². The second-order valence-electron chi connectivity index (χ2n) is 3.94. The van der Waals surface area contributed by atoms with Crippen LogP contribution in [-0.4, -0.2) is 17.6 Å². The fourth-order valence-electron chi connectivity index (χ4n) is 1.60. The van der Waals surface area contributed by atoms with Crippen LogP contribution >= 0.6 is 22.9 Å². The molecule has 0 bridgehead atoms. The number of nitrogens with zero attached hydrogens (tertiary/aromatic N) is 1. The quantitative estimate of drug-likeness (QED) is 0.829. The van der Waals surface area contributed by atoms with Crippen molar-refractivity contribution in [3.63, 3.8) is 0 Å². The minimum absolute atomic E-state index is 0.299. The third kappa shape index (κ3) is 3.61. The smallest absolute Gasteiger partial charge is 0.341 e. The number of nitrogens with one attached hydrogen (secondary N) is 1. The van der Waals surface area contributed by atoms with Crippen molar-refractivity contribution in [1.82, 2.24) is 4.98 Å². The van der Waals surface area contributed by atoms with E-state index in [1.54, 1.807) is 13.0 Å². The third-order valence-corrected chi connectivity index (χ3v) is 3.69. The highest BCUT2D eigenvalue weighted by Gasteiger charge is 2.14. The Morgan fingerprint density at radius 3 is 3.00 bits per heavy atom. The van der Waals surface area contributed by atoms with E-state index in [1.165, 1.54) is 17.5 Å². The summed E-state index contributed by atoms with van der Waals surface area (Å²) in [5, 5.41) is 3.09. The highest BCUT2D eigenvalue weighted by atomic mass is 35.5. The summed E-state index contributed by atoms with van der Waals surface area (Å²) < 4.78 is 5.71. The van der Waals surface area contributed by atoms with Crippen LogP contribution in [-0.2, 0) is 11.3 Å². The second kappa shape index (κ2) is 6.58. The van der Waals surface area contributed by atoms with E-state index in [9.17, 15) is 4.79 Å². The molecule has 20 heavy (non-hydrogen) atoms. The van der Waals surface area contributed by atoms with Gasteiger partial charge in [-0.15, -0.1) is 11.3 Å². The van der Waals surface area contributed by atoms with Crippen LogP contribution in [0.3, 0.4) is 0 Å². The van der Waals surface area contributed by atoms with Crippen molar-refractivity contribution >= 4 is 40.4 Å². The summed E-state index contributed by atoms with van der Waals surface area (Å²) in [4.78, 5) is 17.0. The Morgan fingerprint density at radius 2 is 2.35 bits per heavy atom. The molecule has 0 spiro atoms. The standard InChI is InChI=1S/C13H14ClN3O2S/c1-2-19-13(18)10-5-8(15)6-16-12(10)17-7-9-3-4-11(14)20-9/h3-6H,2,7,15H2,1H3,(H,16,17). The zero-order chi connectivity index (χ0) is 14.5. The Kier molecular flexibility index (Phi) is 4.81. The maximum Gasteiger partial charge on any atom is 0.341 e. The molecule has 0 fully saturated rings. The van der Waals surface area contributed by atoms with Crippen molar-refractivity contribution in [1.29, 1.82) is 0 Å². The Bertz CT molecular complexity index is 615. The third-order valence-electron chi connectivity index (χ3n) is 2.46. The molecule has 3 N–H and O–H groups in total. The van der Waals surface area contributed by atoms with Crippen LogP contribution in [0.1, 0.15) is 22.2 Å². The summed E-state index contributed by atoms with van der Waals surface area (Å²) in [5.41, 5.74) is 6.40. The van der Waals surface area contributed by atoms with Crippen molar-refractivity contribution in [2.24, 2.45) is 0 Å².